The Kier molecular flexibility index (Phi) is 4.23. The number of Topliss-reactive ketones (excluding diaryl/α,β-unsaturated/α-hetero) is 1. The van der Waals surface area contributed by atoms with Crippen LogP contribution in [0.25, 0.3) is 0 Å². The number of hydrogen-bond acceptors (Lipinski definition) is 1. The number of halogens is 5. The third-order valence-corrected chi connectivity index (χ3v) is 3.27. The number of ketones is 1. The molecule has 0 radical (unpaired) electrons. The predicted molar refractivity (Wildman–Crippen MR) is 68.5 cm³/mol. The Morgan fingerprint density at radius 1 is 1.00 bits per heavy atom. The van der Waals surface area contributed by atoms with Crippen molar-refractivity contribution in [1.29, 1.82) is 0 Å². The minimum Gasteiger partial charge on any atom is -0.294 e. The summed E-state index contributed by atoms with van der Waals surface area (Å²) in [5.74, 6) is -4.43. The molecule has 20 heavy (non-hydrogen) atoms. The van der Waals surface area contributed by atoms with Crippen LogP contribution in [0.4, 0.5) is 17.6 Å². The molecule has 0 aliphatic heterocycles. The van der Waals surface area contributed by atoms with Gasteiger partial charge in [0.1, 0.15) is 23.3 Å². The molecule has 0 unspecified atom stereocenters. The lowest BCUT2D eigenvalue weighted by Gasteiger charge is -2.06. The third kappa shape index (κ3) is 3.07. The first-order chi connectivity index (χ1) is 9.38. The lowest BCUT2D eigenvalue weighted by atomic mass is 10.0. The van der Waals surface area contributed by atoms with Crippen LogP contribution in [0.5, 0.6) is 0 Å². The first kappa shape index (κ1) is 14.7. The van der Waals surface area contributed by atoms with Gasteiger partial charge in [0, 0.05) is 23.6 Å². The van der Waals surface area contributed by atoms with E-state index in [-0.39, 0.29) is 10.0 Å². The molecule has 2 aromatic rings. The van der Waals surface area contributed by atoms with E-state index >= 15 is 0 Å². The monoisotopic (exact) mass is 346 g/mol. The molecule has 0 N–H and O–H groups in total. The summed E-state index contributed by atoms with van der Waals surface area (Å²) in [5, 5.41) is 0. The highest BCUT2D eigenvalue weighted by Crippen LogP contribution is 2.23. The van der Waals surface area contributed by atoms with Crippen molar-refractivity contribution in [3.63, 3.8) is 0 Å². The van der Waals surface area contributed by atoms with Crippen molar-refractivity contribution in [2.75, 3.05) is 0 Å². The Hall–Kier alpha value is -1.69. The molecule has 0 fully saturated rings. The van der Waals surface area contributed by atoms with Crippen molar-refractivity contribution < 1.29 is 22.4 Å². The molecular weight excluding hydrogens is 340 g/mol. The van der Waals surface area contributed by atoms with Gasteiger partial charge in [0.15, 0.2) is 5.78 Å². The summed E-state index contributed by atoms with van der Waals surface area (Å²) in [7, 11) is 0. The molecule has 0 saturated heterocycles. The van der Waals surface area contributed by atoms with Crippen LogP contribution in [-0.2, 0) is 6.42 Å². The van der Waals surface area contributed by atoms with Gasteiger partial charge in [-0.25, -0.2) is 17.6 Å². The molecule has 2 aromatic carbocycles. The van der Waals surface area contributed by atoms with Gasteiger partial charge in [-0.3, -0.25) is 4.79 Å². The van der Waals surface area contributed by atoms with Gasteiger partial charge in [-0.05, 0) is 40.2 Å². The Morgan fingerprint density at radius 3 is 2.20 bits per heavy atom. The molecule has 0 amide bonds. The van der Waals surface area contributed by atoms with Crippen LogP contribution in [0, 0.1) is 23.3 Å². The van der Waals surface area contributed by atoms with Crippen LogP contribution >= 0.6 is 15.9 Å². The normalized spacial score (nSPS) is 10.7. The number of benzene rings is 2. The Morgan fingerprint density at radius 2 is 1.60 bits per heavy atom. The van der Waals surface area contributed by atoms with Gasteiger partial charge in [-0.2, -0.15) is 0 Å². The molecule has 0 aliphatic rings. The van der Waals surface area contributed by atoms with E-state index in [2.05, 4.69) is 15.9 Å². The summed E-state index contributed by atoms with van der Waals surface area (Å²) in [6.07, 6.45) is -0.625. The van der Waals surface area contributed by atoms with E-state index in [0.717, 1.165) is 18.2 Å². The summed E-state index contributed by atoms with van der Waals surface area (Å²) in [4.78, 5) is 11.9. The molecule has 2 rings (SSSR count). The molecular formula is C14H7BrF4O. The summed E-state index contributed by atoms with van der Waals surface area (Å²) in [5.41, 5.74) is -0.727. The van der Waals surface area contributed by atoms with Gasteiger partial charge in [0.25, 0.3) is 0 Å². The van der Waals surface area contributed by atoms with Crippen molar-refractivity contribution in [3.05, 3.63) is 69.2 Å². The summed E-state index contributed by atoms with van der Waals surface area (Å²) in [6.45, 7) is 0. The maximum Gasteiger partial charge on any atom is 0.167 e. The van der Waals surface area contributed by atoms with Crippen molar-refractivity contribution >= 4 is 21.7 Å². The summed E-state index contributed by atoms with van der Waals surface area (Å²) < 4.78 is 53.2. The lowest BCUT2D eigenvalue weighted by Crippen LogP contribution is -2.08. The fourth-order valence-electron chi connectivity index (χ4n) is 1.71. The molecule has 0 aromatic heterocycles. The highest BCUT2D eigenvalue weighted by atomic mass is 79.9. The van der Waals surface area contributed by atoms with Gasteiger partial charge in [0.05, 0.1) is 4.47 Å². The average molecular weight is 347 g/mol. The van der Waals surface area contributed by atoms with Gasteiger partial charge in [-0.15, -0.1) is 0 Å². The van der Waals surface area contributed by atoms with Crippen LogP contribution in [-0.4, -0.2) is 5.78 Å². The van der Waals surface area contributed by atoms with E-state index in [4.69, 9.17) is 0 Å². The Bertz CT molecular complexity index is 665. The molecule has 6 heteroatoms. The molecule has 0 bridgehead atoms. The quantitative estimate of drug-likeness (QED) is 0.456. The minimum absolute atomic E-state index is 0.00660. The van der Waals surface area contributed by atoms with Crippen molar-refractivity contribution in [1.82, 2.24) is 0 Å². The molecule has 0 aliphatic carbocycles. The number of carbonyl (C=O) groups excluding carboxylic acids is 1. The van der Waals surface area contributed by atoms with Gasteiger partial charge < -0.3 is 0 Å². The van der Waals surface area contributed by atoms with Gasteiger partial charge in [0.2, 0.25) is 0 Å². The Labute approximate surface area is 120 Å². The molecule has 0 saturated carbocycles. The van der Waals surface area contributed by atoms with Crippen LogP contribution in [0.2, 0.25) is 0 Å². The standard InChI is InChI=1S/C14H7BrF4O/c15-11-1-2-12(18)10(14(11)19)6-13(20)7-3-8(16)5-9(17)4-7/h1-5H,6H2. The zero-order valence-corrected chi connectivity index (χ0v) is 11.5. The third-order valence-electron chi connectivity index (χ3n) is 2.66. The zero-order valence-electron chi connectivity index (χ0n) is 9.89. The summed E-state index contributed by atoms with van der Waals surface area (Å²) in [6, 6.07) is 4.41. The van der Waals surface area contributed by atoms with E-state index in [1.54, 1.807) is 0 Å². The van der Waals surface area contributed by atoms with E-state index in [1.165, 1.54) is 6.07 Å². The number of carbonyl (C=O) groups is 1. The first-order valence-electron chi connectivity index (χ1n) is 5.50. The average Bonchev–Trinajstić information content (AvgIpc) is 2.38. The predicted octanol–water partition coefficient (Wildman–Crippen LogP) is 4.43. The molecule has 0 spiro atoms. The Balaban J connectivity index is 2.35. The van der Waals surface area contributed by atoms with Gasteiger partial charge >= 0.3 is 0 Å². The molecule has 1 nitrogen and oxygen atoms in total. The van der Waals surface area contributed by atoms with E-state index in [1.807, 2.05) is 0 Å². The lowest BCUT2D eigenvalue weighted by molar-refractivity contribution is 0.0989. The smallest absolute Gasteiger partial charge is 0.167 e. The van der Waals surface area contributed by atoms with Crippen molar-refractivity contribution in [2.45, 2.75) is 6.42 Å². The van der Waals surface area contributed by atoms with Gasteiger partial charge in [-0.1, -0.05) is 0 Å². The topological polar surface area (TPSA) is 17.1 Å². The number of rotatable bonds is 3. The minimum atomic E-state index is -0.927. The van der Waals surface area contributed by atoms with E-state index in [0.29, 0.717) is 6.07 Å². The maximum atomic E-state index is 13.7. The van der Waals surface area contributed by atoms with Crippen LogP contribution in [0.3, 0.4) is 0 Å². The second kappa shape index (κ2) is 5.75. The number of hydrogen-bond donors (Lipinski definition) is 0. The fraction of sp³-hybridized carbons (Fsp3) is 0.0714. The highest BCUT2D eigenvalue weighted by molar-refractivity contribution is 9.10. The van der Waals surface area contributed by atoms with Crippen molar-refractivity contribution in [2.24, 2.45) is 0 Å². The second-order valence-electron chi connectivity index (χ2n) is 4.08. The van der Waals surface area contributed by atoms with E-state index < -0.39 is 41.0 Å². The maximum absolute atomic E-state index is 13.7. The molecule has 0 atom stereocenters. The SMILES string of the molecule is O=C(Cc1c(F)ccc(Br)c1F)c1cc(F)cc(F)c1. The van der Waals surface area contributed by atoms with Crippen LogP contribution in [0.1, 0.15) is 15.9 Å². The summed E-state index contributed by atoms with van der Waals surface area (Å²) >= 11 is 2.88. The molecule has 0 heterocycles. The van der Waals surface area contributed by atoms with Crippen LogP contribution < -0.4 is 0 Å². The highest BCUT2D eigenvalue weighted by Gasteiger charge is 2.18. The van der Waals surface area contributed by atoms with Crippen molar-refractivity contribution in [3.8, 4) is 0 Å². The second-order valence-corrected chi connectivity index (χ2v) is 4.93. The zero-order chi connectivity index (χ0) is 14.9. The first-order valence-corrected chi connectivity index (χ1v) is 6.29. The van der Waals surface area contributed by atoms with E-state index in [9.17, 15) is 22.4 Å². The largest absolute Gasteiger partial charge is 0.294 e. The van der Waals surface area contributed by atoms with Crippen LogP contribution in [0.15, 0.2) is 34.8 Å². The molecule has 104 valence electrons. The fourth-order valence-corrected chi connectivity index (χ4v) is 2.08.